The maximum atomic E-state index is 6.20. The topological polar surface area (TPSA) is 53.1 Å². The monoisotopic (exact) mass is 285 g/mol. The Labute approximate surface area is 125 Å². The van der Waals surface area contributed by atoms with Crippen molar-refractivity contribution in [2.75, 3.05) is 0 Å². The molecule has 1 atom stereocenters. The molecule has 0 aliphatic heterocycles. The van der Waals surface area contributed by atoms with Gasteiger partial charge in [-0.15, -0.1) is 0 Å². The van der Waals surface area contributed by atoms with Crippen molar-refractivity contribution >= 4 is 0 Å². The first-order valence-corrected chi connectivity index (χ1v) is 7.67. The lowest BCUT2D eigenvalue weighted by molar-refractivity contribution is 0.291. The normalized spacial score (nSPS) is 17.8. The molecule has 0 amide bonds. The Balaban J connectivity index is 1.74. The molecule has 21 heavy (non-hydrogen) atoms. The van der Waals surface area contributed by atoms with Gasteiger partial charge in [-0.25, -0.2) is 4.98 Å². The molecular formula is C17H23N3O. The van der Waals surface area contributed by atoms with Gasteiger partial charge in [0.05, 0.1) is 18.2 Å². The molecule has 1 aromatic carbocycles. The summed E-state index contributed by atoms with van der Waals surface area (Å²) in [7, 11) is 0. The van der Waals surface area contributed by atoms with Gasteiger partial charge in [0, 0.05) is 12.1 Å². The minimum absolute atomic E-state index is 0.151. The zero-order chi connectivity index (χ0) is 14.8. The van der Waals surface area contributed by atoms with E-state index in [1.807, 2.05) is 18.6 Å². The Hall–Kier alpha value is -1.81. The lowest BCUT2D eigenvalue weighted by atomic mass is 9.88. The van der Waals surface area contributed by atoms with Crippen LogP contribution in [0.25, 0.3) is 0 Å². The van der Waals surface area contributed by atoms with E-state index in [2.05, 4.69) is 35.5 Å². The van der Waals surface area contributed by atoms with Crippen LogP contribution in [0, 0.1) is 0 Å². The SMILES string of the molecule is CC(C)n1cncc1COc1ccc2c(c1)C(N)CCC2. The van der Waals surface area contributed by atoms with E-state index in [1.54, 1.807) is 0 Å². The molecule has 0 saturated carbocycles. The number of nitrogens with zero attached hydrogens (tertiary/aromatic N) is 2. The van der Waals surface area contributed by atoms with Crippen LogP contribution in [0.15, 0.2) is 30.7 Å². The molecule has 0 fully saturated rings. The first kappa shape index (κ1) is 14.1. The summed E-state index contributed by atoms with van der Waals surface area (Å²) in [5.74, 6) is 0.891. The number of ether oxygens (including phenoxy) is 1. The third kappa shape index (κ3) is 2.95. The predicted molar refractivity (Wildman–Crippen MR) is 83.3 cm³/mol. The molecule has 112 valence electrons. The molecular weight excluding hydrogens is 262 g/mol. The van der Waals surface area contributed by atoms with E-state index < -0.39 is 0 Å². The van der Waals surface area contributed by atoms with Crippen molar-refractivity contribution in [2.24, 2.45) is 5.73 Å². The van der Waals surface area contributed by atoms with Gasteiger partial charge in [-0.05, 0) is 56.4 Å². The van der Waals surface area contributed by atoms with E-state index in [-0.39, 0.29) is 6.04 Å². The highest BCUT2D eigenvalue weighted by atomic mass is 16.5. The molecule has 0 bridgehead atoms. The predicted octanol–water partition coefficient (Wildman–Crippen LogP) is 3.38. The molecule has 4 nitrogen and oxygen atoms in total. The van der Waals surface area contributed by atoms with Crippen molar-refractivity contribution in [1.29, 1.82) is 0 Å². The fourth-order valence-electron chi connectivity index (χ4n) is 2.97. The molecule has 1 aromatic heterocycles. The van der Waals surface area contributed by atoms with Crippen molar-refractivity contribution in [3.63, 3.8) is 0 Å². The zero-order valence-corrected chi connectivity index (χ0v) is 12.7. The summed E-state index contributed by atoms with van der Waals surface area (Å²) < 4.78 is 8.07. The smallest absolute Gasteiger partial charge is 0.130 e. The summed E-state index contributed by atoms with van der Waals surface area (Å²) in [5, 5.41) is 0. The molecule has 3 rings (SSSR count). The average molecular weight is 285 g/mol. The lowest BCUT2D eigenvalue weighted by Crippen LogP contribution is -2.17. The number of hydrogen-bond acceptors (Lipinski definition) is 3. The van der Waals surface area contributed by atoms with Crippen molar-refractivity contribution in [3.8, 4) is 5.75 Å². The van der Waals surface area contributed by atoms with Crippen LogP contribution < -0.4 is 10.5 Å². The number of fused-ring (bicyclic) bond motifs is 1. The van der Waals surface area contributed by atoms with Crippen LogP contribution in [0.1, 0.15) is 55.6 Å². The van der Waals surface area contributed by atoms with Crippen molar-refractivity contribution in [1.82, 2.24) is 9.55 Å². The second-order valence-electron chi connectivity index (χ2n) is 6.03. The molecule has 0 spiro atoms. The van der Waals surface area contributed by atoms with Crippen molar-refractivity contribution in [3.05, 3.63) is 47.5 Å². The Kier molecular flexibility index (Phi) is 3.97. The van der Waals surface area contributed by atoms with Gasteiger partial charge in [0.1, 0.15) is 12.4 Å². The fraction of sp³-hybridized carbons (Fsp3) is 0.471. The van der Waals surface area contributed by atoms with Crippen LogP contribution in [0.5, 0.6) is 5.75 Å². The number of aromatic nitrogens is 2. The first-order valence-electron chi connectivity index (χ1n) is 7.67. The average Bonchev–Trinajstić information content (AvgIpc) is 2.94. The highest BCUT2D eigenvalue weighted by Crippen LogP contribution is 2.31. The van der Waals surface area contributed by atoms with Crippen molar-refractivity contribution in [2.45, 2.75) is 51.8 Å². The molecule has 2 N–H and O–H groups in total. The summed E-state index contributed by atoms with van der Waals surface area (Å²) >= 11 is 0. The summed E-state index contributed by atoms with van der Waals surface area (Å²) in [6.45, 7) is 4.82. The van der Waals surface area contributed by atoms with E-state index in [4.69, 9.17) is 10.5 Å². The van der Waals surface area contributed by atoms with Gasteiger partial charge < -0.3 is 15.0 Å². The van der Waals surface area contributed by atoms with Crippen molar-refractivity contribution < 1.29 is 4.74 Å². The minimum Gasteiger partial charge on any atom is -0.487 e. The van der Waals surface area contributed by atoms with Crippen LogP contribution in [0.4, 0.5) is 0 Å². The molecule has 4 heteroatoms. The number of imidazole rings is 1. The first-order chi connectivity index (χ1) is 10.1. The number of benzene rings is 1. The van der Waals surface area contributed by atoms with Crippen LogP contribution in [-0.4, -0.2) is 9.55 Å². The molecule has 1 aliphatic carbocycles. The molecule has 0 radical (unpaired) electrons. The standard InChI is InChI=1S/C17H23N3O/c1-12(2)20-11-19-9-14(20)10-21-15-7-6-13-4-3-5-17(18)16(13)8-15/h6-9,11-12,17H,3-5,10,18H2,1-2H3. The molecule has 2 aromatic rings. The maximum Gasteiger partial charge on any atom is 0.130 e. The molecule has 1 unspecified atom stereocenters. The second kappa shape index (κ2) is 5.90. The quantitative estimate of drug-likeness (QED) is 0.937. The van der Waals surface area contributed by atoms with Crippen LogP contribution >= 0.6 is 0 Å². The Morgan fingerprint density at radius 2 is 2.29 bits per heavy atom. The molecule has 1 aliphatic rings. The number of nitrogens with two attached hydrogens (primary N) is 1. The maximum absolute atomic E-state index is 6.20. The third-order valence-corrected chi connectivity index (χ3v) is 4.17. The van der Waals surface area contributed by atoms with E-state index in [1.165, 1.54) is 17.5 Å². The number of aryl methyl sites for hydroxylation is 1. The number of hydrogen-bond donors (Lipinski definition) is 1. The minimum atomic E-state index is 0.151. The summed E-state index contributed by atoms with van der Waals surface area (Å²) in [4.78, 5) is 4.20. The van der Waals surface area contributed by atoms with Crippen LogP contribution in [-0.2, 0) is 13.0 Å². The van der Waals surface area contributed by atoms with Gasteiger partial charge in [0.2, 0.25) is 0 Å². The fourth-order valence-corrected chi connectivity index (χ4v) is 2.97. The van der Waals surface area contributed by atoms with Gasteiger partial charge in [-0.1, -0.05) is 6.07 Å². The van der Waals surface area contributed by atoms with Crippen LogP contribution in [0.3, 0.4) is 0 Å². The van der Waals surface area contributed by atoms with E-state index in [0.717, 1.165) is 24.3 Å². The van der Waals surface area contributed by atoms with Gasteiger partial charge in [-0.2, -0.15) is 0 Å². The lowest BCUT2D eigenvalue weighted by Gasteiger charge is -2.23. The van der Waals surface area contributed by atoms with Gasteiger partial charge >= 0.3 is 0 Å². The number of rotatable bonds is 4. The molecule has 1 heterocycles. The highest BCUT2D eigenvalue weighted by molar-refractivity contribution is 5.39. The van der Waals surface area contributed by atoms with Gasteiger partial charge in [0.25, 0.3) is 0 Å². The molecule has 0 saturated heterocycles. The van der Waals surface area contributed by atoms with E-state index in [0.29, 0.717) is 12.6 Å². The third-order valence-electron chi connectivity index (χ3n) is 4.17. The summed E-state index contributed by atoms with van der Waals surface area (Å²) in [6, 6.07) is 6.85. The van der Waals surface area contributed by atoms with Gasteiger partial charge in [0.15, 0.2) is 0 Å². The van der Waals surface area contributed by atoms with Crippen LogP contribution in [0.2, 0.25) is 0 Å². The summed E-state index contributed by atoms with van der Waals surface area (Å²) in [5.41, 5.74) is 9.91. The zero-order valence-electron chi connectivity index (χ0n) is 12.7. The second-order valence-corrected chi connectivity index (χ2v) is 6.03. The Morgan fingerprint density at radius 1 is 1.43 bits per heavy atom. The largest absolute Gasteiger partial charge is 0.487 e. The Morgan fingerprint density at radius 3 is 3.10 bits per heavy atom. The highest BCUT2D eigenvalue weighted by Gasteiger charge is 2.17. The Bertz CT molecular complexity index is 618. The summed E-state index contributed by atoms with van der Waals surface area (Å²) in [6.07, 6.45) is 7.10. The van der Waals surface area contributed by atoms with E-state index >= 15 is 0 Å². The van der Waals surface area contributed by atoms with Gasteiger partial charge in [-0.3, -0.25) is 0 Å². The van der Waals surface area contributed by atoms with E-state index in [9.17, 15) is 0 Å².